The van der Waals surface area contributed by atoms with Gasteiger partial charge in [0.25, 0.3) is 5.91 Å². The van der Waals surface area contributed by atoms with Crippen LogP contribution in [0.2, 0.25) is 0 Å². The van der Waals surface area contributed by atoms with Crippen LogP contribution in [0.3, 0.4) is 0 Å². The third kappa shape index (κ3) is 2.22. The summed E-state index contributed by atoms with van der Waals surface area (Å²) in [6.07, 6.45) is 2.01. The fourth-order valence-electron chi connectivity index (χ4n) is 7.21. The van der Waals surface area contributed by atoms with Gasteiger partial charge in [-0.2, -0.15) is 0 Å². The highest BCUT2D eigenvalue weighted by Gasteiger charge is 2.74. The van der Waals surface area contributed by atoms with E-state index in [9.17, 15) is 19.8 Å². The Morgan fingerprint density at radius 2 is 1.97 bits per heavy atom. The number of amides is 3. The third-order valence-corrected chi connectivity index (χ3v) is 8.48. The zero-order valence-electron chi connectivity index (χ0n) is 17.9. The lowest BCUT2D eigenvalue weighted by Crippen LogP contribution is -2.70. The molecule has 1 aromatic rings. The Kier molecular flexibility index (Phi) is 4.10. The van der Waals surface area contributed by atoms with Crippen LogP contribution < -0.4 is 5.32 Å². The Hall–Kier alpha value is -2.12. The topological polar surface area (TPSA) is 93.1 Å². The van der Waals surface area contributed by atoms with E-state index in [0.717, 1.165) is 30.6 Å². The standard InChI is InChI=1S/C23H31N3O4/c1-4-25-12-15-11-21(17-10-16(27)7-6-14(17)3)13-22(8-9-23(21,30)18(15)25)19(28)26(5-2)20(29)24-22/h6-7,10,15,18,27,30H,4-5,8-9,11-13H2,1-3H3,(H,24,29)/t15?,18-,21-,22+,23-/m1/s1. The molecular formula is C23H31N3O4. The van der Waals surface area contributed by atoms with Gasteiger partial charge in [-0.1, -0.05) is 13.0 Å². The quantitative estimate of drug-likeness (QED) is 0.658. The van der Waals surface area contributed by atoms with Crippen LogP contribution in [0.25, 0.3) is 0 Å². The number of nitrogens with zero attached hydrogens (tertiary/aromatic N) is 2. The largest absolute Gasteiger partial charge is 0.508 e. The number of fused-ring (bicyclic) bond motifs is 3. The first-order chi connectivity index (χ1) is 14.2. The number of aryl methyl sites for hydroxylation is 1. The lowest BCUT2D eigenvalue weighted by Gasteiger charge is -2.57. The van der Waals surface area contributed by atoms with E-state index >= 15 is 0 Å². The SMILES string of the molecule is CCN1C(=O)N[C@]2(CC[C@@]3(O)[C@H]4C(CN4CC)C[C@]3(c3cc(O)ccc3C)C2)C1=O. The van der Waals surface area contributed by atoms with Crippen molar-refractivity contribution in [2.75, 3.05) is 19.6 Å². The van der Waals surface area contributed by atoms with Crippen LogP contribution in [0.1, 0.15) is 50.7 Å². The van der Waals surface area contributed by atoms with Gasteiger partial charge in [0.15, 0.2) is 0 Å². The normalized spacial score (nSPS) is 40.3. The average molecular weight is 414 g/mol. The van der Waals surface area contributed by atoms with Crippen LogP contribution in [-0.2, 0) is 10.2 Å². The van der Waals surface area contributed by atoms with Crippen molar-refractivity contribution in [2.45, 2.75) is 69.1 Å². The maximum Gasteiger partial charge on any atom is 0.325 e. The molecule has 5 atom stereocenters. The molecular weight excluding hydrogens is 382 g/mol. The molecule has 1 aromatic carbocycles. The van der Waals surface area contributed by atoms with E-state index in [0.29, 0.717) is 31.7 Å². The minimum atomic E-state index is -1.000. The van der Waals surface area contributed by atoms with Crippen molar-refractivity contribution >= 4 is 11.9 Å². The predicted octanol–water partition coefficient (Wildman–Crippen LogP) is 1.89. The molecule has 3 amide bonds. The molecule has 162 valence electrons. The highest BCUT2D eigenvalue weighted by molar-refractivity contribution is 6.07. The molecule has 4 fully saturated rings. The number of likely N-dealkylation sites (N-methyl/N-ethyl adjacent to an activating group) is 2. The Labute approximate surface area is 177 Å². The highest BCUT2D eigenvalue weighted by atomic mass is 16.3. The van der Waals surface area contributed by atoms with Crippen LogP contribution in [0.4, 0.5) is 4.79 Å². The zero-order chi connectivity index (χ0) is 21.5. The number of rotatable bonds is 3. The predicted molar refractivity (Wildman–Crippen MR) is 111 cm³/mol. The first-order valence-electron chi connectivity index (χ1n) is 11.1. The number of hydrogen-bond donors (Lipinski definition) is 3. The Morgan fingerprint density at radius 1 is 1.20 bits per heavy atom. The molecule has 3 N–H and O–H groups in total. The maximum absolute atomic E-state index is 13.3. The minimum absolute atomic E-state index is 0.0519. The van der Waals surface area contributed by atoms with E-state index in [1.54, 1.807) is 19.1 Å². The van der Waals surface area contributed by atoms with Gasteiger partial charge < -0.3 is 15.5 Å². The number of urea groups is 1. The molecule has 1 spiro atoms. The number of nitrogens with one attached hydrogen (secondary N) is 1. The number of phenolic OH excluding ortho intramolecular Hbond substituents is 1. The van der Waals surface area contributed by atoms with Crippen LogP contribution in [0.5, 0.6) is 5.75 Å². The summed E-state index contributed by atoms with van der Waals surface area (Å²) in [5, 5.41) is 25.6. The first-order valence-corrected chi connectivity index (χ1v) is 11.1. The van der Waals surface area contributed by atoms with Crippen molar-refractivity contribution < 1.29 is 19.8 Å². The summed E-state index contributed by atoms with van der Waals surface area (Å²) in [6.45, 7) is 8.07. The molecule has 2 heterocycles. The number of aromatic hydroxyl groups is 1. The fraction of sp³-hybridized carbons (Fsp3) is 0.652. The molecule has 1 unspecified atom stereocenters. The van der Waals surface area contributed by atoms with E-state index in [4.69, 9.17) is 0 Å². The Balaban J connectivity index is 1.67. The Morgan fingerprint density at radius 3 is 2.63 bits per heavy atom. The van der Waals surface area contributed by atoms with Gasteiger partial charge in [0, 0.05) is 24.5 Å². The van der Waals surface area contributed by atoms with Crippen LogP contribution >= 0.6 is 0 Å². The summed E-state index contributed by atoms with van der Waals surface area (Å²) in [6, 6.07) is 5.02. The summed E-state index contributed by atoms with van der Waals surface area (Å²) in [5.74, 6) is 0.331. The lowest BCUT2D eigenvalue weighted by molar-refractivity contribution is -0.150. The lowest BCUT2D eigenvalue weighted by atomic mass is 9.55. The molecule has 30 heavy (non-hydrogen) atoms. The number of carbonyl (C=O) groups excluding carboxylic acids is 2. The third-order valence-electron chi connectivity index (χ3n) is 8.48. The smallest absolute Gasteiger partial charge is 0.325 e. The maximum atomic E-state index is 13.3. The number of imide groups is 1. The summed E-state index contributed by atoms with van der Waals surface area (Å²) in [4.78, 5) is 29.5. The second kappa shape index (κ2) is 6.20. The summed E-state index contributed by atoms with van der Waals surface area (Å²) in [7, 11) is 0. The number of likely N-dealkylation sites (tertiary alicyclic amines) is 1. The van der Waals surface area contributed by atoms with Gasteiger partial charge in [-0.05, 0) is 75.3 Å². The van der Waals surface area contributed by atoms with E-state index in [2.05, 4.69) is 17.1 Å². The molecule has 0 bridgehead atoms. The van der Waals surface area contributed by atoms with Gasteiger partial charge in [0.1, 0.15) is 11.3 Å². The molecule has 5 rings (SSSR count). The van der Waals surface area contributed by atoms with Crippen molar-refractivity contribution in [3.8, 4) is 5.75 Å². The van der Waals surface area contributed by atoms with Crippen LogP contribution in [0.15, 0.2) is 18.2 Å². The second-order valence-electron chi connectivity index (χ2n) is 9.74. The average Bonchev–Trinajstić information content (AvgIpc) is 3.03. The monoisotopic (exact) mass is 413 g/mol. The molecule has 2 aliphatic heterocycles. The molecule has 4 aliphatic rings. The molecule has 2 saturated heterocycles. The van der Waals surface area contributed by atoms with E-state index in [1.165, 1.54) is 4.90 Å². The number of aliphatic hydroxyl groups is 1. The molecule has 7 heteroatoms. The number of benzene rings is 1. The van der Waals surface area contributed by atoms with Gasteiger partial charge in [-0.3, -0.25) is 14.6 Å². The van der Waals surface area contributed by atoms with E-state index < -0.39 is 16.6 Å². The minimum Gasteiger partial charge on any atom is -0.508 e. The van der Waals surface area contributed by atoms with Crippen molar-refractivity contribution in [1.82, 2.24) is 15.1 Å². The second-order valence-corrected chi connectivity index (χ2v) is 9.74. The van der Waals surface area contributed by atoms with Crippen LogP contribution in [0, 0.1) is 12.8 Å². The molecule has 2 aliphatic carbocycles. The van der Waals surface area contributed by atoms with Gasteiger partial charge in [0.05, 0.1) is 5.60 Å². The molecule has 0 aromatic heterocycles. The van der Waals surface area contributed by atoms with Crippen molar-refractivity contribution in [1.29, 1.82) is 0 Å². The van der Waals surface area contributed by atoms with Crippen molar-refractivity contribution in [2.24, 2.45) is 5.92 Å². The highest BCUT2D eigenvalue weighted by Crippen LogP contribution is 2.65. The summed E-state index contributed by atoms with van der Waals surface area (Å²) >= 11 is 0. The Bertz CT molecular complexity index is 935. The number of phenols is 1. The summed E-state index contributed by atoms with van der Waals surface area (Å²) in [5.41, 5.74) is -0.776. The molecule has 0 radical (unpaired) electrons. The van der Waals surface area contributed by atoms with Crippen LogP contribution in [-0.4, -0.2) is 68.8 Å². The summed E-state index contributed by atoms with van der Waals surface area (Å²) < 4.78 is 0. The van der Waals surface area contributed by atoms with Gasteiger partial charge >= 0.3 is 6.03 Å². The van der Waals surface area contributed by atoms with Gasteiger partial charge in [-0.15, -0.1) is 0 Å². The van der Waals surface area contributed by atoms with E-state index in [1.807, 2.05) is 13.0 Å². The first kappa shape index (κ1) is 19.8. The van der Waals surface area contributed by atoms with E-state index in [-0.39, 0.29) is 23.7 Å². The van der Waals surface area contributed by atoms with Gasteiger partial charge in [0.2, 0.25) is 0 Å². The number of hydrogen-bond acceptors (Lipinski definition) is 5. The zero-order valence-corrected chi connectivity index (χ0v) is 17.9. The van der Waals surface area contributed by atoms with Gasteiger partial charge in [-0.25, -0.2) is 4.79 Å². The molecule has 2 saturated carbocycles. The van der Waals surface area contributed by atoms with Crippen molar-refractivity contribution in [3.63, 3.8) is 0 Å². The van der Waals surface area contributed by atoms with Crippen molar-refractivity contribution in [3.05, 3.63) is 29.3 Å². The molecule has 7 nitrogen and oxygen atoms in total. The number of carbonyl (C=O) groups is 2. The fourth-order valence-corrected chi connectivity index (χ4v) is 7.21.